The van der Waals surface area contributed by atoms with E-state index < -0.39 is 0 Å². The minimum absolute atomic E-state index is 0.505. The first-order valence-electron chi connectivity index (χ1n) is 6.80. The van der Waals surface area contributed by atoms with E-state index in [1.807, 2.05) is 0 Å². The van der Waals surface area contributed by atoms with Crippen LogP contribution in [0.2, 0.25) is 0 Å². The van der Waals surface area contributed by atoms with Crippen molar-refractivity contribution in [3.63, 3.8) is 0 Å². The van der Waals surface area contributed by atoms with Crippen LogP contribution < -0.4 is 10.6 Å². The lowest BCUT2D eigenvalue weighted by atomic mass is 9.93. The van der Waals surface area contributed by atoms with Crippen LogP contribution in [0.3, 0.4) is 0 Å². The Morgan fingerprint density at radius 3 is 2.65 bits per heavy atom. The van der Waals surface area contributed by atoms with Crippen LogP contribution in [0, 0.1) is 5.92 Å². The molecule has 1 aliphatic rings. The van der Waals surface area contributed by atoms with Crippen LogP contribution in [0.1, 0.15) is 36.9 Å². The average molecular weight is 232 g/mol. The van der Waals surface area contributed by atoms with Gasteiger partial charge in [0.25, 0.3) is 0 Å². The Hall–Kier alpha value is -0.860. The number of hydrogen-bond donors (Lipinski definition) is 2. The maximum atomic E-state index is 3.45. The third kappa shape index (κ3) is 3.30. The molecule has 1 saturated heterocycles. The van der Waals surface area contributed by atoms with Crippen molar-refractivity contribution in [2.24, 2.45) is 5.92 Å². The zero-order valence-electron chi connectivity index (χ0n) is 11.0. The highest BCUT2D eigenvalue weighted by atomic mass is 14.9. The van der Waals surface area contributed by atoms with E-state index in [0.29, 0.717) is 6.04 Å². The van der Waals surface area contributed by atoms with Crippen LogP contribution in [-0.2, 0) is 6.42 Å². The van der Waals surface area contributed by atoms with Gasteiger partial charge in [0, 0.05) is 6.04 Å². The summed E-state index contributed by atoms with van der Waals surface area (Å²) in [4.78, 5) is 0. The fourth-order valence-electron chi connectivity index (χ4n) is 2.66. The summed E-state index contributed by atoms with van der Waals surface area (Å²) in [6.45, 7) is 4.58. The smallest absolute Gasteiger partial charge is 0.0320 e. The van der Waals surface area contributed by atoms with Crippen LogP contribution >= 0.6 is 0 Å². The van der Waals surface area contributed by atoms with E-state index in [4.69, 9.17) is 0 Å². The van der Waals surface area contributed by atoms with Gasteiger partial charge in [0.1, 0.15) is 0 Å². The van der Waals surface area contributed by atoms with Gasteiger partial charge in [0.15, 0.2) is 0 Å². The van der Waals surface area contributed by atoms with Crippen LogP contribution in [0.4, 0.5) is 0 Å². The molecule has 0 aromatic heterocycles. The van der Waals surface area contributed by atoms with Crippen molar-refractivity contribution < 1.29 is 0 Å². The summed E-state index contributed by atoms with van der Waals surface area (Å²) >= 11 is 0. The molecule has 0 saturated carbocycles. The summed E-state index contributed by atoms with van der Waals surface area (Å²) in [5.41, 5.74) is 2.85. The van der Waals surface area contributed by atoms with E-state index in [1.54, 1.807) is 0 Å². The number of aryl methyl sites for hydroxylation is 1. The molecule has 0 radical (unpaired) electrons. The molecule has 1 aromatic rings. The molecule has 2 atom stereocenters. The van der Waals surface area contributed by atoms with Gasteiger partial charge in [-0.05, 0) is 56.4 Å². The average Bonchev–Trinajstić information content (AvgIpc) is 2.89. The first kappa shape index (κ1) is 12.6. The Kier molecular flexibility index (Phi) is 4.57. The van der Waals surface area contributed by atoms with Crippen LogP contribution in [0.15, 0.2) is 24.3 Å². The van der Waals surface area contributed by atoms with Gasteiger partial charge >= 0.3 is 0 Å². The molecule has 17 heavy (non-hydrogen) atoms. The monoisotopic (exact) mass is 232 g/mol. The van der Waals surface area contributed by atoms with Gasteiger partial charge < -0.3 is 10.6 Å². The molecule has 2 heteroatoms. The highest BCUT2D eigenvalue weighted by Gasteiger charge is 2.19. The lowest BCUT2D eigenvalue weighted by Crippen LogP contribution is -2.21. The first-order chi connectivity index (χ1) is 8.33. The minimum Gasteiger partial charge on any atom is -0.316 e. The highest BCUT2D eigenvalue weighted by molar-refractivity contribution is 5.25. The van der Waals surface area contributed by atoms with E-state index >= 15 is 0 Å². The quantitative estimate of drug-likeness (QED) is 0.815. The van der Waals surface area contributed by atoms with Crippen molar-refractivity contribution in [2.45, 2.75) is 32.2 Å². The molecule has 0 spiro atoms. The standard InChI is InChI=1S/C15H24N2/c1-3-12-4-6-14(7-5-12)15(16-2)10-13-8-9-17-11-13/h4-7,13,15-17H,3,8-11H2,1-2H3. The van der Waals surface area contributed by atoms with Crippen molar-refractivity contribution in [1.82, 2.24) is 10.6 Å². The Bertz CT molecular complexity index is 325. The SMILES string of the molecule is CCc1ccc(C(CC2CCNC2)NC)cc1. The number of rotatable bonds is 5. The minimum atomic E-state index is 0.505. The molecule has 1 aromatic carbocycles. The molecule has 0 amide bonds. The fraction of sp³-hybridized carbons (Fsp3) is 0.600. The molecule has 2 nitrogen and oxygen atoms in total. The molecule has 2 rings (SSSR count). The van der Waals surface area contributed by atoms with Gasteiger partial charge in [-0.25, -0.2) is 0 Å². The van der Waals surface area contributed by atoms with Gasteiger partial charge in [-0.2, -0.15) is 0 Å². The Balaban J connectivity index is 2.00. The zero-order chi connectivity index (χ0) is 12.1. The molecule has 0 aliphatic carbocycles. The summed E-state index contributed by atoms with van der Waals surface area (Å²) in [6, 6.07) is 9.58. The van der Waals surface area contributed by atoms with Gasteiger partial charge in [-0.3, -0.25) is 0 Å². The van der Waals surface area contributed by atoms with E-state index in [1.165, 1.54) is 37.1 Å². The molecule has 1 aliphatic heterocycles. The number of nitrogens with one attached hydrogen (secondary N) is 2. The van der Waals surface area contributed by atoms with Crippen LogP contribution in [0.25, 0.3) is 0 Å². The molecule has 2 N–H and O–H groups in total. The summed E-state index contributed by atoms with van der Waals surface area (Å²) in [6.07, 6.45) is 3.69. The molecule has 94 valence electrons. The molecule has 1 heterocycles. The molecule has 0 bridgehead atoms. The normalized spacial score (nSPS) is 21.6. The Morgan fingerprint density at radius 1 is 1.35 bits per heavy atom. The summed E-state index contributed by atoms with van der Waals surface area (Å²) in [5.74, 6) is 0.832. The van der Waals surface area contributed by atoms with Crippen LogP contribution in [0.5, 0.6) is 0 Å². The van der Waals surface area contributed by atoms with Crippen molar-refractivity contribution in [3.05, 3.63) is 35.4 Å². The third-order valence-electron chi connectivity index (χ3n) is 3.87. The largest absolute Gasteiger partial charge is 0.316 e. The Labute approximate surface area is 105 Å². The summed E-state index contributed by atoms with van der Waals surface area (Å²) in [7, 11) is 2.07. The predicted octanol–water partition coefficient (Wildman–Crippen LogP) is 2.51. The molecule has 1 fully saturated rings. The molecular formula is C15H24N2. The van der Waals surface area contributed by atoms with Crippen molar-refractivity contribution >= 4 is 0 Å². The highest BCUT2D eigenvalue weighted by Crippen LogP contribution is 2.24. The van der Waals surface area contributed by atoms with Gasteiger partial charge in [0.2, 0.25) is 0 Å². The zero-order valence-corrected chi connectivity index (χ0v) is 11.0. The van der Waals surface area contributed by atoms with Crippen LogP contribution in [-0.4, -0.2) is 20.1 Å². The maximum absolute atomic E-state index is 3.45. The van der Waals surface area contributed by atoms with Gasteiger partial charge in [0.05, 0.1) is 0 Å². The molecular weight excluding hydrogens is 208 g/mol. The van der Waals surface area contributed by atoms with E-state index in [-0.39, 0.29) is 0 Å². The van der Waals surface area contributed by atoms with E-state index in [9.17, 15) is 0 Å². The molecule has 2 unspecified atom stereocenters. The summed E-state index contributed by atoms with van der Waals surface area (Å²) in [5, 5.41) is 6.90. The number of benzene rings is 1. The van der Waals surface area contributed by atoms with Gasteiger partial charge in [-0.1, -0.05) is 31.2 Å². The van der Waals surface area contributed by atoms with Crippen molar-refractivity contribution in [1.29, 1.82) is 0 Å². The fourth-order valence-corrected chi connectivity index (χ4v) is 2.66. The second-order valence-electron chi connectivity index (χ2n) is 5.03. The maximum Gasteiger partial charge on any atom is 0.0320 e. The lowest BCUT2D eigenvalue weighted by molar-refractivity contribution is 0.430. The van der Waals surface area contributed by atoms with Crippen molar-refractivity contribution in [3.8, 4) is 0 Å². The predicted molar refractivity (Wildman–Crippen MR) is 73.2 cm³/mol. The second kappa shape index (κ2) is 6.18. The summed E-state index contributed by atoms with van der Waals surface area (Å²) < 4.78 is 0. The lowest BCUT2D eigenvalue weighted by Gasteiger charge is -2.20. The van der Waals surface area contributed by atoms with Crippen molar-refractivity contribution in [2.75, 3.05) is 20.1 Å². The van der Waals surface area contributed by atoms with Gasteiger partial charge in [-0.15, -0.1) is 0 Å². The second-order valence-corrected chi connectivity index (χ2v) is 5.03. The first-order valence-corrected chi connectivity index (χ1v) is 6.80. The topological polar surface area (TPSA) is 24.1 Å². The third-order valence-corrected chi connectivity index (χ3v) is 3.87. The van der Waals surface area contributed by atoms with E-state index in [2.05, 4.69) is 48.9 Å². The Morgan fingerprint density at radius 2 is 2.12 bits per heavy atom. The number of hydrogen-bond acceptors (Lipinski definition) is 2. The van der Waals surface area contributed by atoms with E-state index in [0.717, 1.165) is 12.3 Å².